The van der Waals surface area contributed by atoms with Crippen LogP contribution in [0.3, 0.4) is 0 Å². The highest BCUT2D eigenvalue weighted by Crippen LogP contribution is 2.36. The maximum absolute atomic E-state index is 13.2. The molecule has 2 N–H and O–H groups in total. The first kappa shape index (κ1) is 24.9. The van der Waals surface area contributed by atoms with Crippen LogP contribution in [0.2, 0.25) is 0 Å². The quantitative estimate of drug-likeness (QED) is 0.289. The second-order valence-corrected chi connectivity index (χ2v) is 7.72. The van der Waals surface area contributed by atoms with Gasteiger partial charge in [0.15, 0.2) is 0 Å². The monoisotopic (exact) mass is 468 g/mol. The Balaban J connectivity index is 1.58. The number of carbonyl (C=O) groups is 1. The number of methoxy groups -OCH3 is 1. The summed E-state index contributed by atoms with van der Waals surface area (Å²) in [4.78, 5) is 11.4. The van der Waals surface area contributed by atoms with Gasteiger partial charge in [-0.05, 0) is 54.3 Å². The Bertz CT molecular complexity index is 1110. The Kier molecular flexibility index (Phi) is 8.73. The van der Waals surface area contributed by atoms with Crippen molar-refractivity contribution in [2.24, 2.45) is 0 Å². The minimum atomic E-state index is -0.358. The second kappa shape index (κ2) is 11.9. The lowest BCUT2D eigenvalue weighted by atomic mass is 10.00. The van der Waals surface area contributed by atoms with Gasteiger partial charge in [-0.25, -0.2) is 4.39 Å². The van der Waals surface area contributed by atoms with Crippen LogP contribution in [0.25, 0.3) is 11.1 Å². The average molecular weight is 469 g/mol. The van der Waals surface area contributed by atoms with Crippen molar-refractivity contribution in [3.8, 4) is 34.1 Å². The molecule has 3 aromatic rings. The number of carbonyl (C=O) groups excluding carboxylic acids is 1. The summed E-state index contributed by atoms with van der Waals surface area (Å²) in [6.07, 6.45) is 1.72. The van der Waals surface area contributed by atoms with Gasteiger partial charge in [0, 0.05) is 30.0 Å². The summed E-state index contributed by atoms with van der Waals surface area (Å²) in [6.45, 7) is 2.70. The summed E-state index contributed by atoms with van der Waals surface area (Å²) in [7, 11) is 1.32. The molecule has 7 heteroatoms. The van der Waals surface area contributed by atoms with Gasteiger partial charge in [0.25, 0.3) is 0 Å². The highest BCUT2D eigenvalue weighted by atomic mass is 19.1. The predicted molar refractivity (Wildman–Crippen MR) is 127 cm³/mol. The van der Waals surface area contributed by atoms with Gasteiger partial charge in [-0.3, -0.25) is 4.79 Å². The number of phenols is 2. The molecule has 0 aliphatic carbocycles. The van der Waals surface area contributed by atoms with E-state index in [1.165, 1.54) is 19.2 Å². The van der Waals surface area contributed by atoms with Crippen molar-refractivity contribution in [3.05, 3.63) is 71.5 Å². The molecule has 0 saturated carbocycles. The van der Waals surface area contributed by atoms with E-state index in [0.717, 1.165) is 11.1 Å². The minimum absolute atomic E-state index is 0.0602. The largest absolute Gasteiger partial charge is 0.508 e. The zero-order chi connectivity index (χ0) is 24.5. The van der Waals surface area contributed by atoms with Crippen LogP contribution in [0.4, 0.5) is 4.39 Å². The van der Waals surface area contributed by atoms with Crippen LogP contribution in [-0.2, 0) is 22.4 Å². The van der Waals surface area contributed by atoms with E-state index in [0.29, 0.717) is 55.1 Å². The Morgan fingerprint density at radius 1 is 0.941 bits per heavy atom. The molecule has 0 amide bonds. The summed E-state index contributed by atoms with van der Waals surface area (Å²) < 4.78 is 29.6. The number of ether oxygens (including phenoxy) is 3. The third kappa shape index (κ3) is 6.41. The molecule has 0 saturated heterocycles. The van der Waals surface area contributed by atoms with Crippen molar-refractivity contribution < 1.29 is 33.6 Å². The smallest absolute Gasteiger partial charge is 0.305 e. The van der Waals surface area contributed by atoms with E-state index in [9.17, 15) is 19.4 Å². The van der Waals surface area contributed by atoms with Crippen molar-refractivity contribution in [2.45, 2.75) is 32.6 Å². The number of esters is 1. The van der Waals surface area contributed by atoms with E-state index < -0.39 is 0 Å². The van der Waals surface area contributed by atoms with Gasteiger partial charge in [-0.15, -0.1) is 0 Å². The standard InChI is InChI=1S/C27H29FO6/c1-3-18-16-22(19-8-10-20(28)11-9-19)24(30)17-26(18)34-15-5-14-33-25-7-4-6-23(29)21(25)12-13-27(31)32-2/h4,6-11,16-17,29-30H,3,5,12-15H2,1-2H3. The molecule has 0 radical (unpaired) electrons. The minimum Gasteiger partial charge on any atom is -0.508 e. The number of rotatable bonds is 11. The molecule has 0 aliphatic heterocycles. The maximum atomic E-state index is 13.2. The number of halogens is 1. The zero-order valence-corrected chi connectivity index (χ0v) is 19.3. The summed E-state index contributed by atoms with van der Waals surface area (Å²) in [6, 6.07) is 14.4. The summed E-state index contributed by atoms with van der Waals surface area (Å²) in [5.41, 5.74) is 2.83. The van der Waals surface area contributed by atoms with Crippen LogP contribution in [-0.4, -0.2) is 36.5 Å². The molecule has 34 heavy (non-hydrogen) atoms. The lowest BCUT2D eigenvalue weighted by Crippen LogP contribution is -2.08. The lowest BCUT2D eigenvalue weighted by Gasteiger charge is -2.15. The molecule has 6 nitrogen and oxygen atoms in total. The van der Waals surface area contributed by atoms with Crippen molar-refractivity contribution in [1.29, 1.82) is 0 Å². The first-order valence-electron chi connectivity index (χ1n) is 11.2. The van der Waals surface area contributed by atoms with E-state index in [4.69, 9.17) is 9.47 Å². The highest BCUT2D eigenvalue weighted by molar-refractivity contribution is 5.72. The molecule has 180 valence electrons. The molecule has 0 unspecified atom stereocenters. The Hall–Kier alpha value is -3.74. The van der Waals surface area contributed by atoms with Crippen LogP contribution in [0, 0.1) is 5.82 Å². The number of phenolic OH excluding ortho intramolecular Hbond substituents is 2. The topological polar surface area (TPSA) is 85.2 Å². The zero-order valence-electron chi connectivity index (χ0n) is 19.3. The number of benzene rings is 3. The van der Waals surface area contributed by atoms with Crippen molar-refractivity contribution in [2.75, 3.05) is 20.3 Å². The van der Waals surface area contributed by atoms with Crippen LogP contribution in [0.15, 0.2) is 54.6 Å². The van der Waals surface area contributed by atoms with Crippen molar-refractivity contribution in [1.82, 2.24) is 0 Å². The van der Waals surface area contributed by atoms with Crippen LogP contribution < -0.4 is 9.47 Å². The van der Waals surface area contributed by atoms with E-state index >= 15 is 0 Å². The van der Waals surface area contributed by atoms with Gasteiger partial charge in [0.1, 0.15) is 28.8 Å². The van der Waals surface area contributed by atoms with E-state index in [2.05, 4.69) is 4.74 Å². The fourth-order valence-electron chi connectivity index (χ4n) is 3.58. The molecule has 3 aromatic carbocycles. The Morgan fingerprint density at radius 3 is 2.32 bits per heavy atom. The van der Waals surface area contributed by atoms with E-state index in [1.54, 1.807) is 36.4 Å². The third-order valence-corrected chi connectivity index (χ3v) is 5.43. The molecule has 0 atom stereocenters. The van der Waals surface area contributed by atoms with Gasteiger partial charge in [-0.2, -0.15) is 0 Å². The predicted octanol–water partition coefficient (Wildman–Crippen LogP) is 5.42. The SMILES string of the molecule is CCc1cc(-c2ccc(F)cc2)c(O)cc1OCCCOc1cccc(O)c1CCC(=O)OC. The molecule has 0 fully saturated rings. The second-order valence-electron chi connectivity index (χ2n) is 7.72. The molecular formula is C27H29FO6. The van der Waals surface area contributed by atoms with E-state index in [-0.39, 0.29) is 29.7 Å². The van der Waals surface area contributed by atoms with Crippen LogP contribution in [0.5, 0.6) is 23.0 Å². The molecular weight excluding hydrogens is 439 g/mol. The lowest BCUT2D eigenvalue weighted by molar-refractivity contribution is -0.140. The molecule has 3 rings (SSSR count). The maximum Gasteiger partial charge on any atom is 0.305 e. The molecule has 0 spiro atoms. The van der Waals surface area contributed by atoms with Crippen LogP contribution in [0.1, 0.15) is 30.9 Å². The van der Waals surface area contributed by atoms with E-state index in [1.807, 2.05) is 13.0 Å². The first-order chi connectivity index (χ1) is 16.4. The Labute approximate surface area is 198 Å². The number of aryl methyl sites for hydroxylation is 1. The summed E-state index contributed by atoms with van der Waals surface area (Å²) in [5.74, 6) is 0.541. The summed E-state index contributed by atoms with van der Waals surface area (Å²) >= 11 is 0. The molecule has 0 bridgehead atoms. The van der Waals surface area contributed by atoms with Crippen molar-refractivity contribution in [3.63, 3.8) is 0 Å². The third-order valence-electron chi connectivity index (χ3n) is 5.43. The summed E-state index contributed by atoms with van der Waals surface area (Å²) in [5, 5.41) is 20.6. The first-order valence-corrected chi connectivity index (χ1v) is 11.2. The van der Waals surface area contributed by atoms with Gasteiger partial charge in [-0.1, -0.05) is 25.1 Å². The average Bonchev–Trinajstić information content (AvgIpc) is 2.84. The fraction of sp³-hybridized carbons (Fsp3) is 0.296. The molecule has 0 aliphatic rings. The van der Waals surface area contributed by atoms with Gasteiger partial charge in [0.2, 0.25) is 0 Å². The molecule has 0 heterocycles. The van der Waals surface area contributed by atoms with Crippen molar-refractivity contribution >= 4 is 5.97 Å². The number of aromatic hydroxyl groups is 2. The van der Waals surface area contributed by atoms with Gasteiger partial charge >= 0.3 is 5.97 Å². The number of hydrogen-bond donors (Lipinski definition) is 2. The van der Waals surface area contributed by atoms with Crippen LogP contribution >= 0.6 is 0 Å². The highest BCUT2D eigenvalue weighted by Gasteiger charge is 2.13. The normalized spacial score (nSPS) is 10.7. The van der Waals surface area contributed by atoms with Gasteiger partial charge < -0.3 is 24.4 Å². The molecule has 0 aromatic heterocycles. The fourth-order valence-corrected chi connectivity index (χ4v) is 3.58. The Morgan fingerprint density at radius 2 is 1.65 bits per heavy atom. The number of hydrogen-bond acceptors (Lipinski definition) is 6. The van der Waals surface area contributed by atoms with Gasteiger partial charge in [0.05, 0.1) is 20.3 Å².